The Balaban J connectivity index is 1.82. The number of rotatable bonds is 6. The van der Waals surface area contributed by atoms with Gasteiger partial charge in [0.1, 0.15) is 6.61 Å². The summed E-state index contributed by atoms with van der Waals surface area (Å²) in [6.07, 6.45) is 1.60. The number of benzene rings is 2. The fourth-order valence-corrected chi connectivity index (χ4v) is 1.92. The lowest BCUT2D eigenvalue weighted by molar-refractivity contribution is 0.139. The Morgan fingerprint density at radius 2 is 1.67 bits per heavy atom. The third-order valence-electron chi connectivity index (χ3n) is 3.02. The van der Waals surface area contributed by atoms with E-state index in [1.807, 2.05) is 60.9 Å². The van der Waals surface area contributed by atoms with Crippen LogP contribution in [0.15, 0.2) is 54.6 Å². The van der Waals surface area contributed by atoms with Gasteiger partial charge in [-0.3, -0.25) is 4.79 Å². The zero-order valence-electron chi connectivity index (χ0n) is 11.5. The molecule has 0 saturated heterocycles. The van der Waals surface area contributed by atoms with E-state index in [0.29, 0.717) is 6.54 Å². The van der Waals surface area contributed by atoms with E-state index in [-0.39, 0.29) is 13.0 Å². The van der Waals surface area contributed by atoms with E-state index in [1.165, 1.54) is 0 Å². The molecule has 0 unspecified atom stereocenters. The van der Waals surface area contributed by atoms with Crippen molar-refractivity contribution in [2.45, 2.75) is 19.6 Å². The minimum Gasteiger partial charge on any atom is -0.445 e. The van der Waals surface area contributed by atoms with E-state index in [9.17, 15) is 9.59 Å². The molecule has 2 aromatic rings. The van der Waals surface area contributed by atoms with Gasteiger partial charge in [0.2, 0.25) is 6.29 Å². The molecule has 0 atom stereocenters. The van der Waals surface area contributed by atoms with E-state index in [2.05, 4.69) is 5.32 Å². The van der Waals surface area contributed by atoms with Crippen molar-refractivity contribution in [2.24, 2.45) is 0 Å². The summed E-state index contributed by atoms with van der Waals surface area (Å²) in [6.45, 7) is 0.557. The first-order valence-electron chi connectivity index (χ1n) is 6.66. The molecule has 0 heterocycles. The quantitative estimate of drug-likeness (QED) is 0.886. The normalized spacial score (nSPS) is 9.90. The third kappa shape index (κ3) is 4.76. The van der Waals surface area contributed by atoms with Crippen LogP contribution in [-0.4, -0.2) is 12.4 Å². The molecule has 21 heavy (non-hydrogen) atoms. The molecule has 0 bridgehead atoms. The second-order valence-corrected chi connectivity index (χ2v) is 4.51. The Morgan fingerprint density at radius 3 is 2.38 bits per heavy atom. The molecule has 0 spiro atoms. The summed E-state index contributed by atoms with van der Waals surface area (Å²) in [5.74, 6) is 0. The number of hydrogen-bond acceptors (Lipinski definition) is 3. The van der Waals surface area contributed by atoms with Crippen molar-refractivity contribution in [3.8, 4) is 0 Å². The van der Waals surface area contributed by atoms with Gasteiger partial charge in [-0.25, -0.2) is 4.79 Å². The molecule has 0 aromatic heterocycles. The van der Waals surface area contributed by atoms with Gasteiger partial charge in [0.25, 0.3) is 0 Å². The second-order valence-electron chi connectivity index (χ2n) is 4.51. The molecule has 0 aliphatic rings. The van der Waals surface area contributed by atoms with E-state index in [1.54, 1.807) is 0 Å². The van der Waals surface area contributed by atoms with Gasteiger partial charge in [0, 0.05) is 13.0 Å². The maximum Gasteiger partial charge on any atom is 0.407 e. The molecule has 2 rings (SSSR count). The smallest absolute Gasteiger partial charge is 0.407 e. The van der Waals surface area contributed by atoms with Crippen LogP contribution in [0, 0.1) is 0 Å². The average molecular weight is 282 g/mol. The highest BCUT2D eigenvalue weighted by atomic mass is 16.5. The molecule has 0 aliphatic heterocycles. The summed E-state index contributed by atoms with van der Waals surface area (Å²) < 4.78 is 5.12. The molecule has 107 valence electrons. The summed E-state index contributed by atoms with van der Waals surface area (Å²) >= 11 is 0. The van der Waals surface area contributed by atoms with E-state index in [4.69, 9.17) is 4.74 Å². The molecule has 4 nitrogen and oxygen atoms in total. The summed E-state index contributed by atoms with van der Waals surface area (Å²) in [5.41, 5.74) is 2.68. The van der Waals surface area contributed by atoms with Crippen LogP contribution in [0.4, 0.5) is 4.79 Å². The molecule has 0 fully saturated rings. The van der Waals surface area contributed by atoms with E-state index < -0.39 is 6.09 Å². The molecule has 1 amide bonds. The Kier molecular flexibility index (Phi) is 5.52. The molecule has 0 aliphatic carbocycles. The van der Waals surface area contributed by atoms with Gasteiger partial charge in [-0.15, -0.1) is 0 Å². The Morgan fingerprint density at radius 1 is 1.00 bits per heavy atom. The highest BCUT2D eigenvalue weighted by molar-refractivity contribution is 5.67. The van der Waals surface area contributed by atoms with Gasteiger partial charge in [-0.2, -0.15) is 0 Å². The predicted molar refractivity (Wildman–Crippen MR) is 79.3 cm³/mol. The molecular formula is C17H16NO3. The van der Waals surface area contributed by atoms with Crippen LogP contribution < -0.4 is 5.32 Å². The molecule has 1 radical (unpaired) electrons. The topological polar surface area (TPSA) is 55.4 Å². The van der Waals surface area contributed by atoms with Crippen LogP contribution in [0.3, 0.4) is 0 Å². The van der Waals surface area contributed by atoms with Crippen molar-refractivity contribution in [1.82, 2.24) is 5.32 Å². The van der Waals surface area contributed by atoms with Gasteiger partial charge in [0.05, 0.1) is 0 Å². The number of amides is 1. The second kappa shape index (κ2) is 7.85. The van der Waals surface area contributed by atoms with Crippen molar-refractivity contribution in [3.63, 3.8) is 0 Å². The molecule has 2 aromatic carbocycles. The highest BCUT2D eigenvalue weighted by Gasteiger charge is 2.05. The first kappa shape index (κ1) is 14.8. The summed E-state index contributed by atoms with van der Waals surface area (Å²) in [5, 5.41) is 2.68. The van der Waals surface area contributed by atoms with Crippen LogP contribution in [0.1, 0.15) is 16.7 Å². The number of carbonyl (C=O) groups excluding carboxylic acids is 2. The predicted octanol–water partition coefficient (Wildman–Crippen LogP) is 2.77. The van der Waals surface area contributed by atoms with Crippen LogP contribution in [0.25, 0.3) is 0 Å². The van der Waals surface area contributed by atoms with Crippen molar-refractivity contribution >= 4 is 12.4 Å². The maximum absolute atomic E-state index is 11.6. The standard InChI is InChI=1S/C17H16NO3/c19-11-10-15-8-4-5-9-16(15)12-18-17(20)21-13-14-6-2-1-3-7-14/h1-9H,10,12-13H2,(H,18,20). The summed E-state index contributed by atoms with van der Waals surface area (Å²) in [6, 6.07) is 16.9. The SMILES string of the molecule is O=[C]Cc1ccccc1CNC(=O)OCc1ccccc1. The number of carbonyl (C=O) groups is 1. The largest absolute Gasteiger partial charge is 0.445 e. The molecule has 0 saturated carbocycles. The average Bonchev–Trinajstić information content (AvgIpc) is 2.53. The highest BCUT2D eigenvalue weighted by Crippen LogP contribution is 2.08. The van der Waals surface area contributed by atoms with Crippen molar-refractivity contribution < 1.29 is 14.3 Å². The van der Waals surface area contributed by atoms with Gasteiger partial charge >= 0.3 is 6.09 Å². The number of ether oxygens (including phenoxy) is 1. The first-order chi connectivity index (χ1) is 10.3. The fourth-order valence-electron chi connectivity index (χ4n) is 1.92. The van der Waals surface area contributed by atoms with Gasteiger partial charge in [-0.05, 0) is 16.7 Å². The van der Waals surface area contributed by atoms with Crippen LogP contribution in [0.5, 0.6) is 0 Å². The zero-order chi connectivity index (χ0) is 14.9. The Labute approximate surface area is 123 Å². The number of hydrogen-bond donors (Lipinski definition) is 1. The fraction of sp³-hybridized carbons (Fsp3) is 0.176. The molecule has 4 heteroatoms. The van der Waals surface area contributed by atoms with Crippen LogP contribution >= 0.6 is 0 Å². The van der Waals surface area contributed by atoms with Crippen molar-refractivity contribution in [1.29, 1.82) is 0 Å². The number of alkyl carbamates (subject to hydrolysis) is 1. The van der Waals surface area contributed by atoms with Gasteiger partial charge < -0.3 is 10.1 Å². The van der Waals surface area contributed by atoms with E-state index in [0.717, 1.165) is 16.7 Å². The Bertz CT molecular complexity index is 596. The minimum absolute atomic E-state index is 0.219. The van der Waals surface area contributed by atoms with Gasteiger partial charge in [-0.1, -0.05) is 54.6 Å². The monoisotopic (exact) mass is 282 g/mol. The molecular weight excluding hydrogens is 266 g/mol. The zero-order valence-corrected chi connectivity index (χ0v) is 11.5. The van der Waals surface area contributed by atoms with Gasteiger partial charge in [0.15, 0.2) is 0 Å². The third-order valence-corrected chi connectivity index (χ3v) is 3.02. The van der Waals surface area contributed by atoms with Crippen LogP contribution in [0.2, 0.25) is 0 Å². The lowest BCUT2D eigenvalue weighted by Crippen LogP contribution is -2.24. The van der Waals surface area contributed by atoms with Crippen LogP contribution in [-0.2, 0) is 29.1 Å². The maximum atomic E-state index is 11.6. The summed E-state index contributed by atoms with van der Waals surface area (Å²) in [4.78, 5) is 22.1. The Hall–Kier alpha value is -2.62. The van der Waals surface area contributed by atoms with Crippen molar-refractivity contribution in [3.05, 3.63) is 71.3 Å². The lowest BCUT2D eigenvalue weighted by Gasteiger charge is -2.09. The first-order valence-corrected chi connectivity index (χ1v) is 6.66. The minimum atomic E-state index is -0.483. The lowest BCUT2D eigenvalue weighted by atomic mass is 10.1. The number of nitrogens with one attached hydrogen (secondary N) is 1. The summed E-state index contributed by atoms with van der Waals surface area (Å²) in [7, 11) is 0. The molecule has 1 N–H and O–H groups in total. The van der Waals surface area contributed by atoms with Crippen molar-refractivity contribution in [2.75, 3.05) is 0 Å². The van der Waals surface area contributed by atoms with E-state index >= 15 is 0 Å².